The normalized spacial score (nSPS) is 19.0. The van der Waals surface area contributed by atoms with Gasteiger partial charge in [0, 0.05) is 23.5 Å². The first-order chi connectivity index (χ1) is 14.2. The number of hydrogen-bond acceptors (Lipinski definition) is 6. The highest BCUT2D eigenvalue weighted by Crippen LogP contribution is 2.33. The van der Waals surface area contributed by atoms with Crippen molar-refractivity contribution in [1.29, 1.82) is 0 Å². The van der Waals surface area contributed by atoms with Gasteiger partial charge >= 0.3 is 0 Å². The maximum absolute atomic E-state index is 6.58. The monoisotopic (exact) mass is 460 g/mol. The molecule has 2 aromatic carbocycles. The molecule has 2 aromatic heterocycles. The van der Waals surface area contributed by atoms with Gasteiger partial charge in [-0.1, -0.05) is 30.3 Å². The summed E-state index contributed by atoms with van der Waals surface area (Å²) < 4.78 is 7.60. The lowest BCUT2D eigenvalue weighted by molar-refractivity contribution is 0.120. The summed E-state index contributed by atoms with van der Waals surface area (Å²) in [7, 11) is 0. The summed E-state index contributed by atoms with van der Waals surface area (Å²) in [4.78, 5) is 2.47. The number of piperidine rings is 1. The van der Waals surface area contributed by atoms with E-state index < -0.39 is 0 Å². The van der Waals surface area contributed by atoms with Crippen molar-refractivity contribution in [3.63, 3.8) is 0 Å². The average Bonchev–Trinajstić information content (AvgIpc) is 3.37. The van der Waals surface area contributed by atoms with Crippen LogP contribution in [-0.2, 0) is 6.54 Å². The van der Waals surface area contributed by atoms with Gasteiger partial charge in [-0.2, -0.15) is 4.68 Å². The van der Waals surface area contributed by atoms with Crippen LogP contribution in [0.1, 0.15) is 35.8 Å². The second kappa shape index (κ2) is 9.78. The van der Waals surface area contributed by atoms with E-state index in [4.69, 9.17) is 10.2 Å². The molecule has 3 heterocycles. The van der Waals surface area contributed by atoms with E-state index in [-0.39, 0.29) is 36.9 Å². The van der Waals surface area contributed by atoms with Crippen molar-refractivity contribution in [1.82, 2.24) is 25.1 Å². The summed E-state index contributed by atoms with van der Waals surface area (Å²) in [5.74, 6) is 0.751. The molecule has 7 nitrogen and oxygen atoms in total. The predicted octanol–water partition coefficient (Wildman–Crippen LogP) is 4.22. The number of aryl methyl sites for hydroxylation is 1. The molecule has 1 saturated heterocycles. The second-order valence-corrected chi connectivity index (χ2v) is 7.71. The number of hydrogen-bond donors (Lipinski definition) is 1. The third-order valence-corrected chi connectivity index (χ3v) is 5.78. The molecule has 1 fully saturated rings. The fourth-order valence-electron chi connectivity index (χ4n) is 4.45. The smallest absolute Gasteiger partial charge is 0.153 e. The van der Waals surface area contributed by atoms with Gasteiger partial charge in [0.1, 0.15) is 5.58 Å². The molecule has 5 rings (SSSR count). The second-order valence-electron chi connectivity index (χ2n) is 7.71. The quantitative estimate of drug-likeness (QED) is 0.490. The van der Waals surface area contributed by atoms with E-state index >= 15 is 0 Å². The topological polar surface area (TPSA) is 86.0 Å². The molecule has 0 spiro atoms. The Morgan fingerprint density at radius 3 is 2.68 bits per heavy atom. The standard InChI is InChI=1S/C22H24N6O.2ClH/c1-15-24-25-26-28(15)19-12-17-9-11-29-22(17)18(13-19)14-27-10-5-8-20(23)21(27)16-6-3-2-4-7-16;;/h2-4,6-7,9,11-13,20-21H,5,8,10,14,23H2,1H3;2*1H/t20-,21-;;/m0../s1. The van der Waals surface area contributed by atoms with Gasteiger partial charge in [-0.05, 0) is 60.5 Å². The number of benzene rings is 2. The summed E-state index contributed by atoms with van der Waals surface area (Å²) in [6.07, 6.45) is 3.87. The van der Waals surface area contributed by atoms with Crippen LogP contribution >= 0.6 is 24.8 Å². The number of rotatable bonds is 4. The van der Waals surface area contributed by atoms with Crippen LogP contribution in [0.25, 0.3) is 16.7 Å². The van der Waals surface area contributed by atoms with Crippen molar-refractivity contribution >= 4 is 35.8 Å². The van der Waals surface area contributed by atoms with Crippen molar-refractivity contribution in [2.45, 2.75) is 38.4 Å². The largest absolute Gasteiger partial charge is 0.464 e. The van der Waals surface area contributed by atoms with Gasteiger partial charge in [0.25, 0.3) is 0 Å². The van der Waals surface area contributed by atoms with Crippen LogP contribution in [0.15, 0.2) is 59.2 Å². The van der Waals surface area contributed by atoms with Gasteiger partial charge in [0.05, 0.1) is 18.0 Å². The highest BCUT2D eigenvalue weighted by Gasteiger charge is 2.31. The van der Waals surface area contributed by atoms with E-state index in [0.29, 0.717) is 0 Å². The maximum atomic E-state index is 6.58. The molecule has 164 valence electrons. The number of halogens is 2. The molecular weight excluding hydrogens is 435 g/mol. The minimum atomic E-state index is 0. The number of nitrogens with zero attached hydrogens (tertiary/aromatic N) is 5. The van der Waals surface area contributed by atoms with Crippen LogP contribution in [0.5, 0.6) is 0 Å². The van der Waals surface area contributed by atoms with Crippen LogP contribution < -0.4 is 5.73 Å². The first-order valence-corrected chi connectivity index (χ1v) is 10.0. The van der Waals surface area contributed by atoms with E-state index in [9.17, 15) is 0 Å². The summed E-state index contributed by atoms with van der Waals surface area (Å²) in [5, 5.41) is 13.0. The summed E-state index contributed by atoms with van der Waals surface area (Å²) in [6, 6.07) is 17.0. The zero-order chi connectivity index (χ0) is 19.8. The van der Waals surface area contributed by atoms with E-state index in [1.54, 1.807) is 10.9 Å². The molecule has 0 amide bonds. The van der Waals surface area contributed by atoms with Gasteiger partial charge in [-0.15, -0.1) is 29.9 Å². The predicted molar refractivity (Wildman–Crippen MR) is 125 cm³/mol. The number of aromatic nitrogens is 4. The van der Waals surface area contributed by atoms with Gasteiger partial charge in [0.2, 0.25) is 0 Å². The van der Waals surface area contributed by atoms with Crippen LogP contribution in [0.4, 0.5) is 0 Å². The molecule has 31 heavy (non-hydrogen) atoms. The SMILES string of the molecule is Cc1nnnn1-c1cc(CN2CCC[C@H](N)[C@@H]2c2ccccc2)c2occc2c1.Cl.Cl. The highest BCUT2D eigenvalue weighted by atomic mass is 35.5. The maximum Gasteiger partial charge on any atom is 0.153 e. The van der Waals surface area contributed by atoms with Crippen molar-refractivity contribution < 1.29 is 4.42 Å². The van der Waals surface area contributed by atoms with E-state index in [1.807, 2.05) is 19.1 Å². The summed E-state index contributed by atoms with van der Waals surface area (Å²) in [5.41, 5.74) is 10.8. The van der Waals surface area contributed by atoms with Gasteiger partial charge in [0.15, 0.2) is 5.82 Å². The van der Waals surface area contributed by atoms with Crippen molar-refractivity contribution in [3.8, 4) is 5.69 Å². The average molecular weight is 461 g/mol. The molecule has 0 bridgehead atoms. The van der Waals surface area contributed by atoms with E-state index in [2.05, 4.69) is 56.8 Å². The third kappa shape index (κ3) is 4.45. The molecule has 2 N–H and O–H groups in total. The number of furan rings is 1. The lowest BCUT2D eigenvalue weighted by Gasteiger charge is -2.40. The number of likely N-dealkylation sites (tertiary alicyclic amines) is 1. The highest BCUT2D eigenvalue weighted by molar-refractivity contribution is 5.85. The molecule has 0 radical (unpaired) electrons. The first-order valence-electron chi connectivity index (χ1n) is 10.0. The Morgan fingerprint density at radius 1 is 1.13 bits per heavy atom. The Labute approximate surface area is 193 Å². The van der Waals surface area contributed by atoms with Crippen LogP contribution in [0.3, 0.4) is 0 Å². The molecule has 0 unspecified atom stereocenters. The minimum Gasteiger partial charge on any atom is -0.464 e. The lowest BCUT2D eigenvalue weighted by Crippen LogP contribution is -2.45. The van der Waals surface area contributed by atoms with Gasteiger partial charge in [-0.3, -0.25) is 4.90 Å². The Morgan fingerprint density at radius 2 is 1.94 bits per heavy atom. The van der Waals surface area contributed by atoms with Crippen molar-refractivity contribution in [3.05, 3.63) is 71.7 Å². The Bertz CT molecular complexity index is 1130. The lowest BCUT2D eigenvalue weighted by atomic mass is 9.90. The molecule has 2 atom stereocenters. The Balaban J connectivity index is 0.00000136. The van der Waals surface area contributed by atoms with Crippen molar-refractivity contribution in [2.75, 3.05) is 6.54 Å². The van der Waals surface area contributed by atoms with Crippen molar-refractivity contribution in [2.24, 2.45) is 5.73 Å². The van der Waals surface area contributed by atoms with Gasteiger partial charge < -0.3 is 10.2 Å². The molecule has 0 saturated carbocycles. The van der Waals surface area contributed by atoms with Gasteiger partial charge in [-0.25, -0.2) is 0 Å². The first kappa shape index (κ1) is 23.2. The molecule has 4 aromatic rings. The van der Waals surface area contributed by atoms with Crippen LogP contribution in [0, 0.1) is 6.92 Å². The van der Waals surface area contributed by atoms with E-state index in [1.165, 1.54) is 5.56 Å². The summed E-state index contributed by atoms with van der Waals surface area (Å²) in [6.45, 7) is 3.66. The van der Waals surface area contributed by atoms with Crippen LogP contribution in [-0.4, -0.2) is 37.7 Å². The fraction of sp³-hybridized carbons (Fsp3) is 0.318. The van der Waals surface area contributed by atoms with E-state index in [0.717, 1.165) is 54.0 Å². The Kier molecular flexibility index (Phi) is 7.33. The van der Waals surface area contributed by atoms with Crippen LogP contribution in [0.2, 0.25) is 0 Å². The summed E-state index contributed by atoms with van der Waals surface area (Å²) >= 11 is 0. The fourth-order valence-corrected chi connectivity index (χ4v) is 4.45. The number of tetrazole rings is 1. The molecule has 9 heteroatoms. The number of nitrogens with two attached hydrogens (primary N) is 1. The third-order valence-electron chi connectivity index (χ3n) is 5.78. The minimum absolute atomic E-state index is 0. The molecule has 1 aliphatic heterocycles. The number of fused-ring (bicyclic) bond motifs is 1. The molecule has 1 aliphatic rings. The molecule has 0 aliphatic carbocycles. The zero-order valence-corrected chi connectivity index (χ0v) is 18.9. The molecular formula is C22H26Cl2N6O. The Hall–Kier alpha value is -2.45. The zero-order valence-electron chi connectivity index (χ0n) is 17.2.